The lowest BCUT2D eigenvalue weighted by atomic mass is 10.1. The molecule has 1 aliphatic heterocycles. The highest BCUT2D eigenvalue weighted by molar-refractivity contribution is 5.35. The number of benzene rings is 1. The molecule has 0 amide bonds. The van der Waals surface area contributed by atoms with E-state index in [1.807, 2.05) is 6.07 Å². The number of non-ortho nitro benzene ring substituents is 1. The maximum absolute atomic E-state index is 10.7. The maximum Gasteiger partial charge on any atom is 0.269 e. The molecule has 0 spiro atoms. The van der Waals surface area contributed by atoms with Gasteiger partial charge in [-0.2, -0.15) is 0 Å². The number of hydrogen-bond donors (Lipinski definition) is 1. The minimum absolute atomic E-state index is 0.171. The van der Waals surface area contributed by atoms with E-state index in [0.29, 0.717) is 0 Å². The predicted molar refractivity (Wildman–Crippen MR) is 66.0 cm³/mol. The van der Waals surface area contributed by atoms with Gasteiger partial charge in [-0.05, 0) is 12.5 Å². The van der Waals surface area contributed by atoms with Crippen molar-refractivity contribution in [3.63, 3.8) is 0 Å². The van der Waals surface area contributed by atoms with Gasteiger partial charge in [-0.1, -0.05) is 12.1 Å². The van der Waals surface area contributed by atoms with Crippen molar-refractivity contribution in [2.45, 2.75) is 13.0 Å². The van der Waals surface area contributed by atoms with Gasteiger partial charge in [-0.15, -0.1) is 0 Å². The van der Waals surface area contributed by atoms with Crippen LogP contribution in [0.2, 0.25) is 0 Å². The van der Waals surface area contributed by atoms with Crippen LogP contribution >= 0.6 is 0 Å². The lowest BCUT2D eigenvalue weighted by Crippen LogP contribution is -2.44. The van der Waals surface area contributed by atoms with Gasteiger partial charge in [-0.3, -0.25) is 15.0 Å². The molecule has 0 aromatic heterocycles. The molecule has 0 aliphatic carbocycles. The molecule has 0 unspecified atom stereocenters. The Morgan fingerprint density at radius 2 is 2.12 bits per heavy atom. The largest absolute Gasteiger partial charge is 0.314 e. The van der Waals surface area contributed by atoms with Crippen LogP contribution < -0.4 is 5.32 Å². The van der Waals surface area contributed by atoms with Crippen LogP contribution in [0.25, 0.3) is 0 Å². The zero-order valence-electron chi connectivity index (χ0n) is 9.93. The smallest absolute Gasteiger partial charge is 0.269 e. The molecular formula is C12H17N3O2. The molecule has 1 N–H and O–H groups in total. The fourth-order valence-corrected chi connectivity index (χ4v) is 2.18. The van der Waals surface area contributed by atoms with Gasteiger partial charge in [0.1, 0.15) is 0 Å². The third kappa shape index (κ3) is 2.81. The molecule has 1 fully saturated rings. The number of nitrogens with one attached hydrogen (secondary N) is 1. The Balaban J connectivity index is 2.14. The average Bonchev–Trinajstić information content (AvgIpc) is 2.39. The summed E-state index contributed by atoms with van der Waals surface area (Å²) in [4.78, 5) is 12.7. The van der Waals surface area contributed by atoms with E-state index in [-0.39, 0.29) is 16.7 Å². The Labute approximate surface area is 101 Å². The van der Waals surface area contributed by atoms with Crippen LogP contribution in [-0.2, 0) is 0 Å². The number of nitrogens with zero attached hydrogens (tertiary/aromatic N) is 2. The van der Waals surface area contributed by atoms with Crippen molar-refractivity contribution in [3.8, 4) is 0 Å². The van der Waals surface area contributed by atoms with Crippen molar-refractivity contribution >= 4 is 5.69 Å². The van der Waals surface area contributed by atoms with E-state index in [4.69, 9.17) is 0 Å². The van der Waals surface area contributed by atoms with Crippen molar-refractivity contribution < 1.29 is 4.92 Å². The Kier molecular flexibility index (Phi) is 3.71. The lowest BCUT2D eigenvalue weighted by molar-refractivity contribution is -0.384. The molecule has 5 heteroatoms. The first kappa shape index (κ1) is 12.0. The summed E-state index contributed by atoms with van der Waals surface area (Å²) in [5.74, 6) is 0. The molecule has 1 atom stereocenters. The first-order chi connectivity index (χ1) is 8.18. The second-order valence-electron chi connectivity index (χ2n) is 4.31. The van der Waals surface area contributed by atoms with E-state index in [1.54, 1.807) is 12.1 Å². The standard InChI is InChI=1S/C12H17N3O2/c1-10(14-7-5-13-6-8-14)11-3-2-4-12(9-11)15(16)17/h2-4,9-10,13H,5-8H2,1H3/t10-/m0/s1. The molecule has 1 aliphatic rings. The van der Waals surface area contributed by atoms with Crippen molar-refractivity contribution in [2.24, 2.45) is 0 Å². The van der Waals surface area contributed by atoms with Crippen LogP contribution in [0.5, 0.6) is 0 Å². The van der Waals surface area contributed by atoms with Crippen LogP contribution in [0.15, 0.2) is 24.3 Å². The first-order valence-corrected chi connectivity index (χ1v) is 5.87. The van der Waals surface area contributed by atoms with Crippen molar-refractivity contribution in [2.75, 3.05) is 26.2 Å². The van der Waals surface area contributed by atoms with Crippen molar-refractivity contribution in [1.29, 1.82) is 0 Å². The third-order valence-electron chi connectivity index (χ3n) is 3.26. The summed E-state index contributed by atoms with van der Waals surface area (Å²) in [7, 11) is 0. The molecule has 0 saturated carbocycles. The van der Waals surface area contributed by atoms with Crippen LogP contribution in [0.1, 0.15) is 18.5 Å². The minimum Gasteiger partial charge on any atom is -0.314 e. The highest BCUT2D eigenvalue weighted by Crippen LogP contribution is 2.23. The lowest BCUT2D eigenvalue weighted by Gasteiger charge is -2.32. The van der Waals surface area contributed by atoms with Crippen LogP contribution in [0.4, 0.5) is 5.69 Å². The van der Waals surface area contributed by atoms with Gasteiger partial charge in [0.15, 0.2) is 0 Å². The average molecular weight is 235 g/mol. The third-order valence-corrected chi connectivity index (χ3v) is 3.26. The minimum atomic E-state index is -0.339. The zero-order valence-corrected chi connectivity index (χ0v) is 9.93. The van der Waals surface area contributed by atoms with E-state index in [1.165, 1.54) is 6.07 Å². The van der Waals surface area contributed by atoms with Gasteiger partial charge < -0.3 is 5.32 Å². The summed E-state index contributed by atoms with van der Waals surface area (Å²) < 4.78 is 0. The van der Waals surface area contributed by atoms with Crippen LogP contribution in [0.3, 0.4) is 0 Å². The second kappa shape index (κ2) is 5.25. The Morgan fingerprint density at radius 3 is 2.76 bits per heavy atom. The first-order valence-electron chi connectivity index (χ1n) is 5.87. The van der Waals surface area contributed by atoms with E-state index < -0.39 is 0 Å². The Hall–Kier alpha value is -1.46. The fourth-order valence-electron chi connectivity index (χ4n) is 2.18. The van der Waals surface area contributed by atoms with Gasteiger partial charge in [0.2, 0.25) is 0 Å². The number of nitro benzene ring substituents is 1. The highest BCUT2D eigenvalue weighted by atomic mass is 16.6. The fraction of sp³-hybridized carbons (Fsp3) is 0.500. The van der Waals surface area contributed by atoms with Crippen LogP contribution in [-0.4, -0.2) is 36.0 Å². The summed E-state index contributed by atoms with van der Waals surface area (Å²) in [6.07, 6.45) is 0. The van der Waals surface area contributed by atoms with E-state index in [9.17, 15) is 10.1 Å². The monoisotopic (exact) mass is 235 g/mol. The van der Waals surface area contributed by atoms with Crippen molar-refractivity contribution in [3.05, 3.63) is 39.9 Å². The molecule has 5 nitrogen and oxygen atoms in total. The summed E-state index contributed by atoms with van der Waals surface area (Å²) in [6.45, 7) is 6.05. The van der Waals surface area contributed by atoms with Gasteiger partial charge in [0.05, 0.1) is 4.92 Å². The summed E-state index contributed by atoms with van der Waals surface area (Å²) in [5.41, 5.74) is 1.19. The number of piperazine rings is 1. The molecule has 1 saturated heterocycles. The summed E-state index contributed by atoms with van der Waals surface area (Å²) >= 11 is 0. The number of rotatable bonds is 3. The molecule has 1 heterocycles. The SMILES string of the molecule is C[C@@H](c1cccc([N+](=O)[O-])c1)N1CCNCC1. The Morgan fingerprint density at radius 1 is 1.41 bits per heavy atom. The molecular weight excluding hydrogens is 218 g/mol. The highest BCUT2D eigenvalue weighted by Gasteiger charge is 2.19. The zero-order chi connectivity index (χ0) is 12.3. The van der Waals surface area contributed by atoms with E-state index in [0.717, 1.165) is 31.7 Å². The second-order valence-corrected chi connectivity index (χ2v) is 4.31. The van der Waals surface area contributed by atoms with Gasteiger partial charge in [-0.25, -0.2) is 0 Å². The molecule has 2 rings (SSSR count). The Bertz CT molecular complexity index is 402. The molecule has 1 aromatic rings. The maximum atomic E-state index is 10.7. The molecule has 0 radical (unpaired) electrons. The van der Waals surface area contributed by atoms with Gasteiger partial charge >= 0.3 is 0 Å². The van der Waals surface area contributed by atoms with Gasteiger partial charge in [0.25, 0.3) is 5.69 Å². The normalized spacial score (nSPS) is 18.9. The predicted octanol–water partition coefficient (Wildman–Crippen LogP) is 1.56. The summed E-state index contributed by atoms with van der Waals surface area (Å²) in [5, 5.41) is 14.0. The van der Waals surface area contributed by atoms with E-state index >= 15 is 0 Å². The molecule has 92 valence electrons. The molecule has 17 heavy (non-hydrogen) atoms. The molecule has 0 bridgehead atoms. The van der Waals surface area contributed by atoms with Crippen LogP contribution in [0, 0.1) is 10.1 Å². The van der Waals surface area contributed by atoms with E-state index in [2.05, 4.69) is 17.1 Å². The summed E-state index contributed by atoms with van der Waals surface area (Å²) in [6, 6.07) is 7.16. The topological polar surface area (TPSA) is 58.4 Å². The number of hydrogen-bond acceptors (Lipinski definition) is 4. The van der Waals surface area contributed by atoms with Gasteiger partial charge in [0, 0.05) is 44.4 Å². The van der Waals surface area contributed by atoms with Crippen molar-refractivity contribution in [1.82, 2.24) is 10.2 Å². The number of nitro groups is 1. The quantitative estimate of drug-likeness (QED) is 0.638. The molecule has 1 aromatic carbocycles.